The van der Waals surface area contributed by atoms with Gasteiger partial charge >= 0.3 is 11.1 Å². The third-order valence-corrected chi connectivity index (χ3v) is 4.57. The van der Waals surface area contributed by atoms with Gasteiger partial charge in [0.05, 0.1) is 17.6 Å². The summed E-state index contributed by atoms with van der Waals surface area (Å²) in [6.07, 6.45) is 0. The van der Waals surface area contributed by atoms with Gasteiger partial charge in [-0.25, -0.2) is 0 Å². The minimum absolute atomic E-state index is 0.190. The summed E-state index contributed by atoms with van der Waals surface area (Å²) in [6.45, 7) is 4.94. The topological polar surface area (TPSA) is 84.4 Å². The van der Waals surface area contributed by atoms with Crippen molar-refractivity contribution in [2.45, 2.75) is 20.4 Å². The van der Waals surface area contributed by atoms with Crippen LogP contribution in [0.25, 0.3) is 11.0 Å². The van der Waals surface area contributed by atoms with Gasteiger partial charge in [0.15, 0.2) is 0 Å². The van der Waals surface area contributed by atoms with E-state index in [1.807, 2.05) is 31.2 Å². The molecule has 1 amide bonds. The van der Waals surface area contributed by atoms with E-state index in [1.165, 1.54) is 4.57 Å². The van der Waals surface area contributed by atoms with Gasteiger partial charge in [-0.3, -0.25) is 14.4 Å². The molecule has 7 heteroatoms. The Bertz CT molecular complexity index is 1130. The van der Waals surface area contributed by atoms with Crippen LogP contribution in [-0.4, -0.2) is 40.6 Å². The molecule has 2 aromatic carbocycles. The predicted octanol–water partition coefficient (Wildman–Crippen LogP) is 2.17. The molecule has 146 valence electrons. The van der Waals surface area contributed by atoms with Crippen LogP contribution in [0.3, 0.4) is 0 Å². The zero-order valence-electron chi connectivity index (χ0n) is 16.2. The molecule has 0 saturated carbocycles. The zero-order valence-corrected chi connectivity index (χ0v) is 16.2. The highest BCUT2D eigenvalue weighted by Crippen LogP contribution is 2.14. The number of nitrogens with one attached hydrogen (secondary N) is 1. The van der Waals surface area contributed by atoms with Crippen molar-refractivity contribution >= 4 is 16.9 Å². The Labute approximate surface area is 162 Å². The van der Waals surface area contributed by atoms with Crippen LogP contribution >= 0.6 is 0 Å². The molecule has 0 atom stereocenters. The molecule has 7 nitrogen and oxygen atoms in total. The minimum Gasteiger partial charge on any atom is -0.492 e. The second-order valence-corrected chi connectivity index (χ2v) is 6.63. The Morgan fingerprint density at radius 2 is 1.96 bits per heavy atom. The van der Waals surface area contributed by atoms with Gasteiger partial charge in [-0.1, -0.05) is 12.1 Å². The van der Waals surface area contributed by atoms with Crippen molar-refractivity contribution in [3.8, 4) is 5.75 Å². The number of carbonyl (C=O) groups is 1. The van der Waals surface area contributed by atoms with E-state index in [0.717, 1.165) is 11.3 Å². The van der Waals surface area contributed by atoms with E-state index in [2.05, 4.69) is 4.98 Å². The Morgan fingerprint density at radius 3 is 2.68 bits per heavy atom. The molecule has 0 saturated heterocycles. The van der Waals surface area contributed by atoms with Crippen LogP contribution in [0.15, 0.2) is 52.1 Å². The van der Waals surface area contributed by atoms with Crippen LogP contribution in [0.4, 0.5) is 0 Å². The number of rotatable bonds is 6. The number of aromatic amines is 1. The van der Waals surface area contributed by atoms with E-state index in [9.17, 15) is 14.4 Å². The summed E-state index contributed by atoms with van der Waals surface area (Å²) in [7, 11) is 1.70. The maximum absolute atomic E-state index is 12.7. The molecule has 0 aliphatic heterocycles. The quantitative estimate of drug-likeness (QED) is 0.663. The smallest absolute Gasteiger partial charge is 0.316 e. The number of likely N-dealkylation sites (N-methyl/N-ethyl adjacent to an activating group) is 1. The van der Waals surface area contributed by atoms with Crippen LogP contribution in [0.5, 0.6) is 5.75 Å². The zero-order chi connectivity index (χ0) is 20.3. The fourth-order valence-electron chi connectivity index (χ4n) is 3.05. The summed E-state index contributed by atoms with van der Waals surface area (Å²) in [5, 5.41) is 0. The molecule has 28 heavy (non-hydrogen) atoms. The fourth-order valence-corrected chi connectivity index (χ4v) is 3.05. The number of amides is 1. The van der Waals surface area contributed by atoms with Gasteiger partial charge in [0.1, 0.15) is 12.4 Å². The molecule has 0 fully saturated rings. The first-order chi connectivity index (χ1) is 13.4. The maximum Gasteiger partial charge on any atom is 0.316 e. The van der Waals surface area contributed by atoms with Gasteiger partial charge in [0.25, 0.3) is 5.91 Å². The lowest BCUT2D eigenvalue weighted by Gasteiger charge is -2.18. The van der Waals surface area contributed by atoms with Crippen LogP contribution in [-0.2, 0) is 6.54 Å². The van der Waals surface area contributed by atoms with Crippen molar-refractivity contribution < 1.29 is 9.53 Å². The Hall–Kier alpha value is -3.35. The van der Waals surface area contributed by atoms with E-state index < -0.39 is 11.1 Å². The highest BCUT2D eigenvalue weighted by Gasteiger charge is 2.14. The summed E-state index contributed by atoms with van der Waals surface area (Å²) in [5.41, 5.74) is 1.30. The average Bonchev–Trinajstić information content (AvgIpc) is 2.68. The number of H-pyrrole nitrogens is 1. The van der Waals surface area contributed by atoms with Crippen molar-refractivity contribution in [3.63, 3.8) is 0 Å². The number of hydrogen-bond acceptors (Lipinski definition) is 4. The first-order valence-corrected chi connectivity index (χ1v) is 9.12. The summed E-state index contributed by atoms with van der Waals surface area (Å²) in [5.74, 6) is 0.575. The predicted molar refractivity (Wildman–Crippen MR) is 108 cm³/mol. The van der Waals surface area contributed by atoms with Gasteiger partial charge in [0.2, 0.25) is 0 Å². The van der Waals surface area contributed by atoms with Crippen LogP contribution in [0.1, 0.15) is 22.8 Å². The molecule has 0 aliphatic rings. The SMILES string of the molecule is CCn1c(=O)c(=O)[nH]c2cc(C(=O)N(C)CCOc3cccc(C)c3)ccc21. The van der Waals surface area contributed by atoms with E-state index in [4.69, 9.17) is 4.74 Å². The summed E-state index contributed by atoms with van der Waals surface area (Å²) >= 11 is 0. The lowest BCUT2D eigenvalue weighted by molar-refractivity contribution is 0.0774. The molecule has 0 spiro atoms. The monoisotopic (exact) mass is 381 g/mol. The van der Waals surface area contributed by atoms with Crippen molar-refractivity contribution in [1.29, 1.82) is 0 Å². The normalized spacial score (nSPS) is 10.8. The number of fused-ring (bicyclic) bond motifs is 1. The van der Waals surface area contributed by atoms with Gasteiger partial charge in [0, 0.05) is 19.2 Å². The van der Waals surface area contributed by atoms with Gasteiger partial charge < -0.3 is 19.2 Å². The number of nitrogens with zero attached hydrogens (tertiary/aromatic N) is 2. The number of aryl methyl sites for hydroxylation is 2. The number of carbonyl (C=O) groups excluding carboxylic acids is 1. The number of hydrogen-bond donors (Lipinski definition) is 1. The van der Waals surface area contributed by atoms with Crippen molar-refractivity contribution in [1.82, 2.24) is 14.5 Å². The lowest BCUT2D eigenvalue weighted by Crippen LogP contribution is -2.36. The Balaban J connectivity index is 1.74. The highest BCUT2D eigenvalue weighted by atomic mass is 16.5. The molecule has 1 N–H and O–H groups in total. The number of ether oxygens (including phenoxy) is 1. The van der Waals surface area contributed by atoms with Crippen LogP contribution in [0, 0.1) is 6.92 Å². The summed E-state index contributed by atoms with van der Waals surface area (Å²) in [6, 6.07) is 12.7. The molecule has 3 rings (SSSR count). The molecule has 3 aromatic rings. The maximum atomic E-state index is 12.7. The standard InChI is InChI=1S/C21H23N3O4/c1-4-24-18-9-8-15(13-17(18)22-19(25)21(24)27)20(26)23(3)10-11-28-16-7-5-6-14(2)12-16/h5-9,12-13H,4,10-11H2,1-3H3,(H,22,25). The van der Waals surface area contributed by atoms with Gasteiger partial charge in [-0.2, -0.15) is 0 Å². The Kier molecular flexibility index (Phi) is 5.63. The van der Waals surface area contributed by atoms with E-state index in [-0.39, 0.29) is 5.91 Å². The molecule has 0 unspecified atom stereocenters. The van der Waals surface area contributed by atoms with E-state index >= 15 is 0 Å². The summed E-state index contributed by atoms with van der Waals surface area (Å²) < 4.78 is 7.08. The first kappa shape index (κ1) is 19.4. The first-order valence-electron chi connectivity index (χ1n) is 9.12. The van der Waals surface area contributed by atoms with Crippen molar-refractivity contribution in [2.75, 3.05) is 20.2 Å². The molecular weight excluding hydrogens is 358 g/mol. The average molecular weight is 381 g/mol. The van der Waals surface area contributed by atoms with Crippen molar-refractivity contribution in [3.05, 3.63) is 74.3 Å². The number of benzene rings is 2. The van der Waals surface area contributed by atoms with Gasteiger partial charge in [-0.15, -0.1) is 0 Å². The molecular formula is C21H23N3O4. The third kappa shape index (κ3) is 3.98. The largest absolute Gasteiger partial charge is 0.492 e. The lowest BCUT2D eigenvalue weighted by atomic mass is 10.1. The van der Waals surface area contributed by atoms with Gasteiger partial charge in [-0.05, 0) is 49.7 Å². The molecule has 0 aliphatic carbocycles. The molecule has 0 bridgehead atoms. The van der Waals surface area contributed by atoms with Crippen molar-refractivity contribution in [2.24, 2.45) is 0 Å². The number of aromatic nitrogens is 2. The molecule has 0 radical (unpaired) electrons. The minimum atomic E-state index is -0.696. The van der Waals surface area contributed by atoms with E-state index in [0.29, 0.717) is 36.3 Å². The highest BCUT2D eigenvalue weighted by molar-refractivity contribution is 5.97. The Morgan fingerprint density at radius 1 is 1.18 bits per heavy atom. The van der Waals surface area contributed by atoms with Crippen LogP contribution < -0.4 is 15.9 Å². The summed E-state index contributed by atoms with van der Waals surface area (Å²) in [4.78, 5) is 40.6. The van der Waals surface area contributed by atoms with Crippen LogP contribution in [0.2, 0.25) is 0 Å². The molecule has 1 heterocycles. The van der Waals surface area contributed by atoms with E-state index in [1.54, 1.807) is 37.1 Å². The second-order valence-electron chi connectivity index (χ2n) is 6.63. The third-order valence-electron chi connectivity index (χ3n) is 4.57. The molecule has 1 aromatic heterocycles. The second kappa shape index (κ2) is 8.12. The fraction of sp³-hybridized carbons (Fsp3) is 0.286.